The van der Waals surface area contributed by atoms with Crippen LogP contribution in [0, 0.1) is 6.92 Å². The molecule has 1 aromatic carbocycles. The Bertz CT molecular complexity index is 999. The van der Waals surface area contributed by atoms with Crippen molar-refractivity contribution in [1.82, 2.24) is 4.98 Å². The highest BCUT2D eigenvalue weighted by Gasteiger charge is 2.20. The first kappa shape index (κ1) is 18.7. The van der Waals surface area contributed by atoms with Gasteiger partial charge in [-0.25, -0.2) is 9.78 Å². The zero-order valence-electron chi connectivity index (χ0n) is 14.7. The van der Waals surface area contributed by atoms with Crippen LogP contribution in [0.1, 0.15) is 23.0 Å². The molecule has 0 radical (unpaired) electrons. The van der Waals surface area contributed by atoms with E-state index in [0.717, 1.165) is 5.39 Å². The fourth-order valence-corrected chi connectivity index (χ4v) is 2.68. The van der Waals surface area contributed by atoms with E-state index < -0.39 is 18.5 Å². The van der Waals surface area contributed by atoms with E-state index in [-0.39, 0.29) is 10.9 Å². The number of fused-ring (bicyclic) bond motifs is 1. The summed E-state index contributed by atoms with van der Waals surface area (Å²) in [6.45, 7) is 3.69. The van der Waals surface area contributed by atoms with Crippen molar-refractivity contribution < 1.29 is 23.5 Å². The second kappa shape index (κ2) is 8.09. The third kappa shape index (κ3) is 4.20. The number of carbonyl (C=O) groups excluding carboxylic acids is 2. The van der Waals surface area contributed by atoms with Gasteiger partial charge in [0.25, 0.3) is 5.91 Å². The number of halogens is 1. The van der Waals surface area contributed by atoms with Crippen molar-refractivity contribution >= 4 is 40.1 Å². The van der Waals surface area contributed by atoms with Crippen LogP contribution in [0.3, 0.4) is 0 Å². The number of hydrogen-bond donors (Lipinski definition) is 1. The number of amides is 1. The molecule has 0 bridgehead atoms. The van der Waals surface area contributed by atoms with Crippen LogP contribution in [0.4, 0.5) is 5.69 Å². The lowest BCUT2D eigenvalue weighted by molar-refractivity contribution is -0.119. The van der Waals surface area contributed by atoms with Crippen LogP contribution in [0.25, 0.3) is 11.0 Å². The predicted octanol–water partition coefficient (Wildman–Crippen LogP) is 3.98. The van der Waals surface area contributed by atoms with Crippen LogP contribution >= 0.6 is 11.6 Å². The first-order valence-electron chi connectivity index (χ1n) is 8.23. The summed E-state index contributed by atoms with van der Waals surface area (Å²) in [5.41, 5.74) is 1.49. The molecule has 2 aromatic heterocycles. The molecule has 0 saturated carbocycles. The number of aromatic nitrogens is 1. The number of pyridine rings is 1. The number of anilines is 1. The van der Waals surface area contributed by atoms with Crippen molar-refractivity contribution in [2.45, 2.75) is 13.8 Å². The standard InChI is InChI=1S/C19H17ClN2O5/c1-3-25-12-6-7-15-13(9-12)11(2)17(27-15)19(24)26-10-16(23)22-14-5-4-8-21-18(14)20/h4-9H,3,10H2,1-2H3,(H,22,23). The van der Waals surface area contributed by atoms with Gasteiger partial charge in [0.05, 0.1) is 12.3 Å². The fraction of sp³-hybridized carbons (Fsp3) is 0.211. The van der Waals surface area contributed by atoms with Crippen molar-refractivity contribution in [3.63, 3.8) is 0 Å². The van der Waals surface area contributed by atoms with Gasteiger partial charge in [-0.1, -0.05) is 11.6 Å². The van der Waals surface area contributed by atoms with Gasteiger partial charge in [0.15, 0.2) is 11.8 Å². The molecule has 1 N–H and O–H groups in total. The Hall–Kier alpha value is -3.06. The Kier molecular flexibility index (Phi) is 5.61. The Morgan fingerprint density at radius 1 is 1.30 bits per heavy atom. The molecule has 0 aliphatic carbocycles. The second-order valence-corrected chi connectivity index (χ2v) is 5.97. The van der Waals surface area contributed by atoms with Crippen LogP contribution in [-0.2, 0) is 9.53 Å². The number of benzene rings is 1. The van der Waals surface area contributed by atoms with Gasteiger partial charge in [-0.15, -0.1) is 0 Å². The van der Waals surface area contributed by atoms with Gasteiger partial charge in [0, 0.05) is 17.1 Å². The Labute approximate surface area is 160 Å². The summed E-state index contributed by atoms with van der Waals surface area (Å²) in [6.07, 6.45) is 1.50. The van der Waals surface area contributed by atoms with Crippen molar-refractivity contribution in [2.75, 3.05) is 18.5 Å². The molecular formula is C19H17ClN2O5. The predicted molar refractivity (Wildman–Crippen MR) is 100 cm³/mol. The first-order chi connectivity index (χ1) is 13.0. The summed E-state index contributed by atoms with van der Waals surface area (Å²) in [6, 6.07) is 8.50. The molecule has 0 fully saturated rings. The lowest BCUT2D eigenvalue weighted by Gasteiger charge is -2.06. The molecule has 140 valence electrons. The number of esters is 1. The molecular weight excluding hydrogens is 372 g/mol. The SMILES string of the molecule is CCOc1ccc2oc(C(=O)OCC(=O)Nc3cccnc3Cl)c(C)c2c1. The summed E-state index contributed by atoms with van der Waals surface area (Å²) in [5, 5.41) is 3.42. The third-order valence-corrected chi connectivity index (χ3v) is 4.07. The average Bonchev–Trinajstić information content (AvgIpc) is 2.98. The molecule has 0 saturated heterocycles. The number of hydrogen-bond acceptors (Lipinski definition) is 6. The minimum Gasteiger partial charge on any atom is -0.494 e. The summed E-state index contributed by atoms with van der Waals surface area (Å²) in [5.74, 6) is -0.535. The summed E-state index contributed by atoms with van der Waals surface area (Å²) < 4.78 is 16.1. The zero-order valence-corrected chi connectivity index (χ0v) is 15.5. The monoisotopic (exact) mass is 388 g/mol. The fourth-order valence-electron chi connectivity index (χ4n) is 2.51. The second-order valence-electron chi connectivity index (χ2n) is 5.61. The largest absolute Gasteiger partial charge is 0.494 e. The number of aryl methyl sites for hydroxylation is 1. The summed E-state index contributed by atoms with van der Waals surface area (Å²) in [4.78, 5) is 28.1. The minimum atomic E-state index is -0.728. The zero-order chi connectivity index (χ0) is 19.4. The average molecular weight is 389 g/mol. The maximum absolute atomic E-state index is 12.3. The van der Waals surface area contributed by atoms with Crippen LogP contribution in [0.2, 0.25) is 5.15 Å². The molecule has 0 unspecified atom stereocenters. The quantitative estimate of drug-likeness (QED) is 0.507. The number of nitrogens with one attached hydrogen (secondary N) is 1. The molecule has 0 atom stereocenters. The number of furan rings is 1. The van der Waals surface area contributed by atoms with E-state index in [4.69, 9.17) is 25.5 Å². The van der Waals surface area contributed by atoms with E-state index in [1.165, 1.54) is 6.20 Å². The smallest absolute Gasteiger partial charge is 0.375 e. The Morgan fingerprint density at radius 2 is 2.11 bits per heavy atom. The summed E-state index contributed by atoms with van der Waals surface area (Å²) in [7, 11) is 0. The van der Waals surface area contributed by atoms with E-state index in [9.17, 15) is 9.59 Å². The highest BCUT2D eigenvalue weighted by Crippen LogP contribution is 2.29. The highest BCUT2D eigenvalue weighted by atomic mass is 35.5. The van der Waals surface area contributed by atoms with Crippen molar-refractivity contribution in [2.24, 2.45) is 0 Å². The number of nitrogens with zero attached hydrogens (tertiary/aromatic N) is 1. The van der Waals surface area contributed by atoms with Gasteiger partial charge in [-0.05, 0) is 44.2 Å². The molecule has 0 aliphatic rings. The number of ether oxygens (including phenoxy) is 2. The van der Waals surface area contributed by atoms with Crippen LogP contribution in [0.15, 0.2) is 40.9 Å². The molecule has 1 amide bonds. The van der Waals surface area contributed by atoms with E-state index in [1.54, 1.807) is 37.3 Å². The van der Waals surface area contributed by atoms with Crippen LogP contribution in [-0.4, -0.2) is 30.1 Å². The lowest BCUT2D eigenvalue weighted by atomic mass is 10.1. The van der Waals surface area contributed by atoms with Gasteiger partial charge >= 0.3 is 5.97 Å². The molecule has 27 heavy (non-hydrogen) atoms. The van der Waals surface area contributed by atoms with E-state index in [0.29, 0.717) is 29.2 Å². The first-order valence-corrected chi connectivity index (χ1v) is 8.60. The van der Waals surface area contributed by atoms with E-state index >= 15 is 0 Å². The lowest BCUT2D eigenvalue weighted by Crippen LogP contribution is -2.21. The van der Waals surface area contributed by atoms with Crippen molar-refractivity contribution in [3.05, 3.63) is 53.0 Å². The number of rotatable bonds is 6. The topological polar surface area (TPSA) is 90.7 Å². The van der Waals surface area contributed by atoms with Crippen LogP contribution in [0.5, 0.6) is 5.75 Å². The maximum Gasteiger partial charge on any atom is 0.375 e. The van der Waals surface area contributed by atoms with Crippen molar-refractivity contribution in [1.29, 1.82) is 0 Å². The minimum absolute atomic E-state index is 0.0471. The third-order valence-electron chi connectivity index (χ3n) is 3.77. The molecule has 0 spiro atoms. The Balaban J connectivity index is 1.68. The molecule has 3 aromatic rings. The molecule has 7 nitrogen and oxygen atoms in total. The number of carbonyl (C=O) groups is 2. The molecule has 3 rings (SSSR count). The normalized spacial score (nSPS) is 10.6. The summed E-state index contributed by atoms with van der Waals surface area (Å²) >= 11 is 5.87. The van der Waals surface area contributed by atoms with Gasteiger partial charge < -0.3 is 19.2 Å². The van der Waals surface area contributed by atoms with Gasteiger partial charge in [0.1, 0.15) is 11.3 Å². The van der Waals surface area contributed by atoms with Gasteiger partial charge in [-0.3, -0.25) is 4.79 Å². The van der Waals surface area contributed by atoms with E-state index in [1.807, 2.05) is 6.92 Å². The van der Waals surface area contributed by atoms with Crippen LogP contribution < -0.4 is 10.1 Å². The molecule has 8 heteroatoms. The van der Waals surface area contributed by atoms with Gasteiger partial charge in [0.2, 0.25) is 5.76 Å². The Morgan fingerprint density at radius 3 is 2.85 bits per heavy atom. The maximum atomic E-state index is 12.3. The molecule has 0 aliphatic heterocycles. The van der Waals surface area contributed by atoms with Crippen molar-refractivity contribution in [3.8, 4) is 5.75 Å². The highest BCUT2D eigenvalue weighted by molar-refractivity contribution is 6.32. The van der Waals surface area contributed by atoms with Gasteiger partial charge in [-0.2, -0.15) is 0 Å². The van der Waals surface area contributed by atoms with E-state index in [2.05, 4.69) is 10.3 Å². The molecule has 2 heterocycles.